The molecule has 1 N–H and O–H groups in total. The van der Waals surface area contributed by atoms with Gasteiger partial charge in [0, 0.05) is 37.0 Å². The molecule has 1 aliphatic rings. The van der Waals surface area contributed by atoms with Crippen molar-refractivity contribution >= 4 is 42.9 Å². The van der Waals surface area contributed by atoms with E-state index < -0.39 is 0 Å². The number of thiophene rings is 1. The lowest BCUT2D eigenvalue weighted by molar-refractivity contribution is 0.662. The molecule has 1 heterocycles. The van der Waals surface area contributed by atoms with Crippen LogP contribution in [-0.2, 0) is 5.41 Å². The molecule has 35 heavy (non-hydrogen) atoms. The van der Waals surface area contributed by atoms with E-state index in [-0.39, 0.29) is 5.41 Å². The van der Waals surface area contributed by atoms with Crippen molar-refractivity contribution in [1.82, 2.24) is 0 Å². The smallest absolute Gasteiger partial charge is 0.0433 e. The first-order chi connectivity index (χ1) is 17.1. The SMILES string of the molecule is CC1(C)c2ccccc2-c2cccc(Nc3ccc(-c4cccc5c4sc4ccccc45)cc3)c21. The maximum Gasteiger partial charge on any atom is 0.0433 e. The fourth-order valence-electron chi connectivity index (χ4n) is 5.82. The van der Waals surface area contributed by atoms with Gasteiger partial charge in [0.25, 0.3) is 0 Å². The molecule has 0 bridgehead atoms. The Balaban J connectivity index is 1.26. The third-order valence-corrected chi connectivity index (χ3v) is 8.68. The summed E-state index contributed by atoms with van der Waals surface area (Å²) in [6.45, 7) is 4.66. The average Bonchev–Trinajstić information content (AvgIpc) is 3.38. The number of anilines is 2. The molecule has 0 amide bonds. The molecular weight excluding hydrogens is 442 g/mol. The molecule has 0 fully saturated rings. The number of rotatable bonds is 3. The van der Waals surface area contributed by atoms with Crippen molar-refractivity contribution in [3.05, 3.63) is 120 Å². The Morgan fingerprint density at radius 2 is 1.29 bits per heavy atom. The second kappa shape index (κ2) is 7.56. The quantitative estimate of drug-likeness (QED) is 0.273. The van der Waals surface area contributed by atoms with Gasteiger partial charge in [-0.15, -0.1) is 11.3 Å². The largest absolute Gasteiger partial charge is 0.355 e. The molecule has 0 radical (unpaired) electrons. The molecule has 0 saturated heterocycles. The molecule has 0 aliphatic heterocycles. The van der Waals surface area contributed by atoms with Gasteiger partial charge in [0.1, 0.15) is 0 Å². The van der Waals surface area contributed by atoms with Gasteiger partial charge in [0.15, 0.2) is 0 Å². The van der Waals surface area contributed by atoms with Gasteiger partial charge in [-0.1, -0.05) is 98.8 Å². The minimum atomic E-state index is -0.0354. The Bertz CT molecular complexity index is 1740. The van der Waals surface area contributed by atoms with E-state index in [1.807, 2.05) is 11.3 Å². The van der Waals surface area contributed by atoms with E-state index in [9.17, 15) is 0 Å². The molecule has 0 saturated carbocycles. The van der Waals surface area contributed by atoms with E-state index in [1.54, 1.807) is 0 Å². The summed E-state index contributed by atoms with van der Waals surface area (Å²) < 4.78 is 2.70. The molecule has 168 valence electrons. The maximum atomic E-state index is 3.73. The van der Waals surface area contributed by atoms with Crippen LogP contribution in [0, 0.1) is 0 Å². The van der Waals surface area contributed by atoms with E-state index in [0.29, 0.717) is 0 Å². The van der Waals surface area contributed by atoms with Gasteiger partial charge in [-0.25, -0.2) is 0 Å². The highest BCUT2D eigenvalue weighted by Gasteiger charge is 2.37. The first-order valence-electron chi connectivity index (χ1n) is 12.1. The van der Waals surface area contributed by atoms with E-state index in [1.165, 1.54) is 59.2 Å². The summed E-state index contributed by atoms with van der Waals surface area (Å²) >= 11 is 1.88. The van der Waals surface area contributed by atoms with E-state index in [2.05, 4.69) is 128 Å². The highest BCUT2D eigenvalue weighted by molar-refractivity contribution is 7.26. The summed E-state index contributed by atoms with van der Waals surface area (Å²) in [5.74, 6) is 0. The molecule has 2 heteroatoms. The summed E-state index contributed by atoms with van der Waals surface area (Å²) in [4.78, 5) is 0. The van der Waals surface area contributed by atoms with E-state index >= 15 is 0 Å². The van der Waals surface area contributed by atoms with Crippen LogP contribution >= 0.6 is 11.3 Å². The summed E-state index contributed by atoms with van der Waals surface area (Å²) in [7, 11) is 0. The number of benzene rings is 5. The highest BCUT2D eigenvalue weighted by atomic mass is 32.1. The Morgan fingerprint density at radius 1 is 0.600 bits per heavy atom. The zero-order chi connectivity index (χ0) is 23.6. The van der Waals surface area contributed by atoms with Crippen molar-refractivity contribution in [2.75, 3.05) is 5.32 Å². The van der Waals surface area contributed by atoms with Crippen LogP contribution < -0.4 is 5.32 Å². The van der Waals surface area contributed by atoms with Gasteiger partial charge in [0.05, 0.1) is 0 Å². The molecule has 0 atom stereocenters. The Hall–Kier alpha value is -3.88. The molecule has 7 rings (SSSR count). The molecule has 0 spiro atoms. The molecule has 1 aromatic heterocycles. The Kier molecular flexibility index (Phi) is 4.43. The minimum absolute atomic E-state index is 0.0354. The fourth-order valence-corrected chi connectivity index (χ4v) is 7.05. The third kappa shape index (κ3) is 3.07. The third-order valence-electron chi connectivity index (χ3n) is 7.46. The number of hydrogen-bond acceptors (Lipinski definition) is 2. The van der Waals surface area contributed by atoms with Gasteiger partial charge in [-0.05, 0) is 57.6 Å². The minimum Gasteiger partial charge on any atom is -0.355 e. The standard InChI is InChI=1S/C33H25NS/c1-33(2)28-14-5-3-9-24(28)26-12-8-15-29(31(26)33)34-22-19-17-21(18-20-22)23-11-7-13-27-25-10-4-6-16-30(25)35-32(23)27/h3-20,34H,1-2H3. The second-order valence-corrected chi connectivity index (χ2v) is 10.9. The van der Waals surface area contributed by atoms with Crippen LogP contribution in [0.1, 0.15) is 25.0 Å². The zero-order valence-electron chi connectivity index (χ0n) is 19.8. The monoisotopic (exact) mass is 467 g/mol. The van der Waals surface area contributed by atoms with Crippen molar-refractivity contribution in [1.29, 1.82) is 0 Å². The first kappa shape index (κ1) is 20.5. The molecule has 0 unspecified atom stereocenters. The van der Waals surface area contributed by atoms with Crippen LogP contribution in [0.25, 0.3) is 42.4 Å². The van der Waals surface area contributed by atoms with Crippen LogP contribution in [0.3, 0.4) is 0 Å². The Morgan fingerprint density at radius 3 is 2.17 bits per heavy atom. The van der Waals surface area contributed by atoms with Crippen molar-refractivity contribution in [3.8, 4) is 22.3 Å². The lowest BCUT2D eigenvalue weighted by atomic mass is 9.81. The predicted molar refractivity (Wildman–Crippen MR) is 152 cm³/mol. The summed E-state index contributed by atoms with van der Waals surface area (Å²) in [6, 6.07) is 39.7. The van der Waals surface area contributed by atoms with Gasteiger partial charge in [-0.2, -0.15) is 0 Å². The van der Waals surface area contributed by atoms with Crippen LogP contribution in [-0.4, -0.2) is 0 Å². The summed E-state index contributed by atoms with van der Waals surface area (Å²) in [5.41, 5.74) is 10.3. The fraction of sp³-hybridized carbons (Fsp3) is 0.0909. The lowest BCUT2D eigenvalue weighted by Crippen LogP contribution is -2.16. The summed E-state index contributed by atoms with van der Waals surface area (Å²) in [6.07, 6.45) is 0. The van der Waals surface area contributed by atoms with Crippen molar-refractivity contribution in [2.45, 2.75) is 19.3 Å². The zero-order valence-corrected chi connectivity index (χ0v) is 20.6. The van der Waals surface area contributed by atoms with E-state index in [0.717, 1.165) is 5.69 Å². The number of nitrogens with one attached hydrogen (secondary N) is 1. The van der Waals surface area contributed by atoms with Crippen molar-refractivity contribution in [3.63, 3.8) is 0 Å². The summed E-state index contributed by atoms with van der Waals surface area (Å²) in [5, 5.41) is 6.42. The topological polar surface area (TPSA) is 12.0 Å². The molecule has 1 nitrogen and oxygen atoms in total. The van der Waals surface area contributed by atoms with Crippen LogP contribution in [0.15, 0.2) is 109 Å². The van der Waals surface area contributed by atoms with Gasteiger partial charge >= 0.3 is 0 Å². The first-order valence-corrected chi connectivity index (χ1v) is 12.9. The molecule has 1 aliphatic carbocycles. The van der Waals surface area contributed by atoms with Gasteiger partial charge in [0.2, 0.25) is 0 Å². The van der Waals surface area contributed by atoms with Gasteiger partial charge in [-0.3, -0.25) is 0 Å². The number of hydrogen-bond donors (Lipinski definition) is 1. The van der Waals surface area contributed by atoms with Crippen molar-refractivity contribution < 1.29 is 0 Å². The second-order valence-electron chi connectivity index (χ2n) is 9.88. The molecular formula is C33H25NS. The van der Waals surface area contributed by atoms with Crippen LogP contribution in [0.2, 0.25) is 0 Å². The molecule has 6 aromatic rings. The van der Waals surface area contributed by atoms with Gasteiger partial charge < -0.3 is 5.32 Å². The number of fused-ring (bicyclic) bond motifs is 6. The average molecular weight is 468 g/mol. The normalized spacial score (nSPS) is 13.7. The van der Waals surface area contributed by atoms with E-state index in [4.69, 9.17) is 0 Å². The lowest BCUT2D eigenvalue weighted by Gasteiger charge is -2.24. The van der Waals surface area contributed by atoms with Crippen molar-refractivity contribution in [2.24, 2.45) is 0 Å². The maximum absolute atomic E-state index is 3.73. The highest BCUT2D eigenvalue weighted by Crippen LogP contribution is 2.51. The van der Waals surface area contributed by atoms with Crippen LogP contribution in [0.5, 0.6) is 0 Å². The predicted octanol–water partition coefficient (Wildman–Crippen LogP) is 9.77. The molecule has 5 aromatic carbocycles. The van der Waals surface area contributed by atoms with Crippen LogP contribution in [0.4, 0.5) is 11.4 Å². The Labute approximate surface area is 209 Å².